The molecule has 0 saturated carbocycles. The summed E-state index contributed by atoms with van der Waals surface area (Å²) in [5.41, 5.74) is 7.08. The third kappa shape index (κ3) is 4.48. The monoisotopic (exact) mass is 573 g/mol. The van der Waals surface area contributed by atoms with Gasteiger partial charge < -0.3 is 19.2 Å². The molecule has 0 radical (unpaired) electrons. The molecule has 6 rings (SSSR count). The van der Waals surface area contributed by atoms with E-state index in [9.17, 15) is 9.59 Å². The van der Waals surface area contributed by atoms with E-state index in [1.54, 1.807) is 18.2 Å². The molecule has 1 N–H and O–H groups in total. The van der Waals surface area contributed by atoms with Gasteiger partial charge >= 0.3 is 0 Å². The third-order valence-electron chi connectivity index (χ3n) is 7.35. The van der Waals surface area contributed by atoms with Crippen LogP contribution in [-0.2, 0) is 20.0 Å². The molecule has 0 atom stereocenters. The number of nitrogens with zero attached hydrogens (tertiary/aromatic N) is 4. The molecule has 3 heterocycles. The molecule has 1 amide bonds. The molecule has 0 unspecified atom stereocenters. The summed E-state index contributed by atoms with van der Waals surface area (Å²) >= 11 is 13.2. The Morgan fingerprint density at radius 3 is 2.60 bits per heavy atom. The maximum Gasteiger partial charge on any atom is 0.291 e. The second-order valence-corrected chi connectivity index (χ2v) is 10.7. The van der Waals surface area contributed by atoms with Gasteiger partial charge in [-0.2, -0.15) is 0 Å². The number of anilines is 1. The van der Waals surface area contributed by atoms with E-state index >= 15 is 0 Å². The molecule has 0 fully saturated rings. The van der Waals surface area contributed by atoms with Gasteiger partial charge in [0.1, 0.15) is 11.8 Å². The fraction of sp³-hybridized carbons (Fsp3) is 0.200. The van der Waals surface area contributed by atoms with Crippen molar-refractivity contribution in [3.8, 4) is 22.6 Å². The zero-order valence-corrected chi connectivity index (χ0v) is 23.6. The summed E-state index contributed by atoms with van der Waals surface area (Å²) in [6.45, 7) is 3.60. The number of benzene rings is 3. The summed E-state index contributed by atoms with van der Waals surface area (Å²) in [5.74, 6) is 0.415. The van der Waals surface area contributed by atoms with Crippen molar-refractivity contribution < 1.29 is 14.0 Å². The summed E-state index contributed by atoms with van der Waals surface area (Å²) in [7, 11) is 3.92. The van der Waals surface area contributed by atoms with Gasteiger partial charge in [0.2, 0.25) is 5.89 Å². The summed E-state index contributed by atoms with van der Waals surface area (Å²) in [5, 5.41) is 3.68. The van der Waals surface area contributed by atoms with Crippen molar-refractivity contribution in [2.45, 2.75) is 19.9 Å². The first kappa shape index (κ1) is 26.3. The minimum atomic E-state index is -0.317. The van der Waals surface area contributed by atoms with Crippen LogP contribution < -0.4 is 5.32 Å². The van der Waals surface area contributed by atoms with Crippen molar-refractivity contribution in [2.75, 3.05) is 18.9 Å². The maximum atomic E-state index is 13.3. The lowest BCUT2D eigenvalue weighted by molar-refractivity contribution is 0.101. The summed E-state index contributed by atoms with van der Waals surface area (Å²) in [6, 6.07) is 14.5. The van der Waals surface area contributed by atoms with Gasteiger partial charge in [0.05, 0.1) is 21.4 Å². The highest BCUT2D eigenvalue weighted by molar-refractivity contribution is 6.36. The Morgan fingerprint density at radius 1 is 1.05 bits per heavy atom. The van der Waals surface area contributed by atoms with Crippen LogP contribution in [0.2, 0.25) is 10.0 Å². The number of fused-ring (bicyclic) bond motifs is 2. The lowest BCUT2D eigenvalue weighted by Gasteiger charge is -2.21. The number of hydrogen-bond acceptors (Lipinski definition) is 6. The predicted octanol–water partition coefficient (Wildman–Crippen LogP) is 6.56. The lowest BCUT2D eigenvalue weighted by atomic mass is 9.96. The molecule has 10 heteroatoms. The molecule has 0 saturated heterocycles. The van der Waals surface area contributed by atoms with Crippen LogP contribution in [0.1, 0.15) is 37.9 Å². The summed E-state index contributed by atoms with van der Waals surface area (Å²) in [6.07, 6.45) is 1.57. The Labute approximate surface area is 240 Å². The largest absolute Gasteiger partial charge is 0.434 e. The van der Waals surface area contributed by atoms with Gasteiger partial charge in [-0.1, -0.05) is 47.5 Å². The molecule has 5 aromatic rings. The number of nitrogens with one attached hydrogen (secondary N) is 1. The van der Waals surface area contributed by atoms with Crippen molar-refractivity contribution >= 4 is 52.2 Å². The van der Waals surface area contributed by atoms with E-state index in [4.69, 9.17) is 27.6 Å². The van der Waals surface area contributed by atoms with E-state index in [1.165, 1.54) is 0 Å². The Kier molecular flexibility index (Phi) is 6.70. The number of carbonyl (C=O) groups is 2. The van der Waals surface area contributed by atoms with Crippen LogP contribution in [0.25, 0.3) is 33.7 Å². The molecule has 8 nitrogen and oxygen atoms in total. The molecular formula is C30H25Cl2N5O3. The smallest absolute Gasteiger partial charge is 0.291 e. The number of amides is 1. The quantitative estimate of drug-likeness (QED) is 0.239. The van der Waals surface area contributed by atoms with Crippen molar-refractivity contribution in [1.82, 2.24) is 19.4 Å². The second-order valence-electron chi connectivity index (χ2n) is 9.96. The molecular weight excluding hydrogens is 549 g/mol. The van der Waals surface area contributed by atoms with Gasteiger partial charge in [-0.15, -0.1) is 0 Å². The normalized spacial score (nSPS) is 13.4. The van der Waals surface area contributed by atoms with Crippen LogP contribution in [0.5, 0.6) is 0 Å². The first-order valence-electron chi connectivity index (χ1n) is 12.7. The van der Waals surface area contributed by atoms with E-state index in [1.807, 2.05) is 55.9 Å². The van der Waals surface area contributed by atoms with E-state index in [0.717, 1.165) is 52.9 Å². The zero-order valence-electron chi connectivity index (χ0n) is 22.1. The van der Waals surface area contributed by atoms with Crippen LogP contribution >= 0.6 is 23.2 Å². The summed E-state index contributed by atoms with van der Waals surface area (Å²) < 4.78 is 7.87. The Balaban J connectivity index is 1.34. The number of halogens is 2. The van der Waals surface area contributed by atoms with Crippen LogP contribution in [-0.4, -0.2) is 45.2 Å². The van der Waals surface area contributed by atoms with Gasteiger partial charge in [0.25, 0.3) is 5.91 Å². The molecule has 0 bridgehead atoms. The van der Waals surface area contributed by atoms with E-state index in [-0.39, 0.29) is 5.91 Å². The average molecular weight is 574 g/mol. The Morgan fingerprint density at radius 2 is 1.80 bits per heavy atom. The lowest BCUT2D eigenvalue weighted by Crippen LogP contribution is -2.27. The molecule has 3 aromatic carbocycles. The summed E-state index contributed by atoms with van der Waals surface area (Å²) in [4.78, 5) is 35.9. The molecule has 40 heavy (non-hydrogen) atoms. The highest BCUT2D eigenvalue weighted by Crippen LogP contribution is 2.39. The second kappa shape index (κ2) is 10.2. The Hall–Kier alpha value is -3.98. The molecule has 1 aliphatic rings. The first-order valence-corrected chi connectivity index (χ1v) is 13.5. The number of carbonyl (C=O) groups excluding carboxylic acids is 2. The number of likely N-dealkylation sites (N-methyl/N-ethyl adjacent to an activating group) is 1. The van der Waals surface area contributed by atoms with Crippen LogP contribution in [0, 0.1) is 6.92 Å². The van der Waals surface area contributed by atoms with Crippen molar-refractivity contribution in [2.24, 2.45) is 7.05 Å². The Bertz CT molecular complexity index is 1820. The minimum absolute atomic E-state index is 0.317. The number of aldehydes is 1. The SMILES string of the molecule is Cc1c(-c2nc3cc(C=O)cc(Cl)c3o2)cccc1-c1cccc(NC(=O)c2nc3c(n2C)CCN(C)C3)c1Cl. The van der Waals surface area contributed by atoms with E-state index in [0.29, 0.717) is 50.7 Å². The fourth-order valence-corrected chi connectivity index (χ4v) is 5.77. The van der Waals surface area contributed by atoms with Crippen molar-refractivity contribution in [3.63, 3.8) is 0 Å². The van der Waals surface area contributed by atoms with Gasteiger partial charge in [0.15, 0.2) is 11.4 Å². The minimum Gasteiger partial charge on any atom is -0.434 e. The number of aromatic nitrogens is 3. The van der Waals surface area contributed by atoms with Crippen LogP contribution in [0.15, 0.2) is 52.9 Å². The van der Waals surface area contributed by atoms with Crippen LogP contribution in [0.4, 0.5) is 5.69 Å². The maximum absolute atomic E-state index is 13.3. The average Bonchev–Trinajstić information content (AvgIpc) is 3.51. The highest BCUT2D eigenvalue weighted by Gasteiger charge is 2.25. The molecule has 202 valence electrons. The van der Waals surface area contributed by atoms with Gasteiger partial charge in [-0.3, -0.25) is 9.59 Å². The van der Waals surface area contributed by atoms with E-state index in [2.05, 4.69) is 20.2 Å². The molecule has 1 aliphatic heterocycles. The molecule has 0 spiro atoms. The van der Waals surface area contributed by atoms with Crippen molar-refractivity contribution in [1.29, 1.82) is 0 Å². The van der Waals surface area contributed by atoms with Gasteiger partial charge in [0, 0.05) is 48.9 Å². The van der Waals surface area contributed by atoms with E-state index < -0.39 is 0 Å². The topological polar surface area (TPSA) is 93.3 Å². The third-order valence-corrected chi connectivity index (χ3v) is 8.04. The standard InChI is InChI=1S/C30H25Cl2N5O3/c1-16-18(6-4-7-19(16)30-35-23-13-17(15-38)12-21(31)27(23)40-30)20-8-5-9-22(26(20)32)34-29(39)28-33-24-14-36(2)11-10-25(24)37(28)3/h4-9,12-13,15H,10-11,14H2,1-3H3,(H,34,39). The molecule has 0 aliphatic carbocycles. The first-order chi connectivity index (χ1) is 19.2. The van der Waals surface area contributed by atoms with Crippen molar-refractivity contribution in [3.05, 3.63) is 86.9 Å². The fourth-order valence-electron chi connectivity index (χ4n) is 5.23. The predicted molar refractivity (Wildman–Crippen MR) is 156 cm³/mol. The number of imidazole rings is 1. The number of rotatable bonds is 5. The molecule has 2 aromatic heterocycles. The number of oxazole rings is 1. The van der Waals surface area contributed by atoms with Gasteiger partial charge in [-0.25, -0.2) is 9.97 Å². The number of hydrogen-bond donors (Lipinski definition) is 1. The van der Waals surface area contributed by atoms with Crippen LogP contribution in [0.3, 0.4) is 0 Å². The highest BCUT2D eigenvalue weighted by atomic mass is 35.5. The zero-order chi connectivity index (χ0) is 28.1. The van der Waals surface area contributed by atoms with Gasteiger partial charge in [-0.05, 0) is 49.4 Å².